The molecule has 0 aliphatic heterocycles. The Bertz CT molecular complexity index is 485. The van der Waals surface area contributed by atoms with Gasteiger partial charge in [-0.05, 0) is 24.6 Å². The van der Waals surface area contributed by atoms with Gasteiger partial charge in [0.05, 0.1) is 0 Å². The van der Waals surface area contributed by atoms with Gasteiger partial charge >= 0.3 is 0 Å². The molecule has 0 aromatic heterocycles. The van der Waals surface area contributed by atoms with E-state index in [-0.39, 0.29) is 23.5 Å². The van der Waals surface area contributed by atoms with Gasteiger partial charge in [0.2, 0.25) is 17.7 Å². The first kappa shape index (κ1) is 15.0. The maximum absolute atomic E-state index is 11.5. The zero-order valence-electron chi connectivity index (χ0n) is 10.1. The van der Waals surface area contributed by atoms with Crippen LogP contribution in [0.5, 0.6) is 0 Å². The second-order valence-corrected chi connectivity index (χ2v) is 4.25. The van der Waals surface area contributed by atoms with E-state index >= 15 is 0 Å². The third kappa shape index (κ3) is 4.59. The number of carbonyl (C=O) groups is 3. The summed E-state index contributed by atoms with van der Waals surface area (Å²) in [5, 5.41) is 2.55. The van der Waals surface area contributed by atoms with Crippen LogP contribution in [0, 0.1) is 0 Å². The van der Waals surface area contributed by atoms with Crippen molar-refractivity contribution >= 4 is 35.0 Å². The molecular formula is C12H14ClN3O3. The maximum atomic E-state index is 11.5. The normalized spacial score (nSPS) is 9.95. The van der Waals surface area contributed by atoms with Crippen LogP contribution in [-0.2, 0) is 4.79 Å². The number of benzene rings is 1. The molecule has 1 aromatic carbocycles. The van der Waals surface area contributed by atoms with Crippen molar-refractivity contribution in [1.82, 2.24) is 0 Å². The number of nitrogens with one attached hydrogen (secondary N) is 1. The SMILES string of the molecule is NC(=O)c1cc(NC(=O)CCCCl)cc(C(N)=O)c1. The van der Waals surface area contributed by atoms with Gasteiger partial charge < -0.3 is 16.8 Å². The average Bonchev–Trinajstić information content (AvgIpc) is 2.35. The number of nitrogens with two attached hydrogens (primary N) is 2. The van der Waals surface area contributed by atoms with Gasteiger partial charge in [0.1, 0.15) is 0 Å². The van der Waals surface area contributed by atoms with Crippen LogP contribution < -0.4 is 16.8 Å². The van der Waals surface area contributed by atoms with Crippen LogP contribution in [0.4, 0.5) is 5.69 Å². The van der Waals surface area contributed by atoms with Gasteiger partial charge in [0, 0.05) is 29.1 Å². The Morgan fingerprint density at radius 2 is 1.58 bits per heavy atom. The molecule has 5 N–H and O–H groups in total. The standard InChI is InChI=1S/C12H14ClN3O3/c13-3-1-2-10(17)16-9-5-7(11(14)18)4-8(6-9)12(15)19/h4-6H,1-3H2,(H2,14,18)(H2,15,19)(H,16,17). The van der Waals surface area contributed by atoms with Gasteiger partial charge in [-0.3, -0.25) is 14.4 Å². The molecule has 0 aliphatic rings. The largest absolute Gasteiger partial charge is 0.366 e. The average molecular weight is 284 g/mol. The Labute approximate surface area is 115 Å². The van der Waals surface area contributed by atoms with Crippen LogP contribution in [0.15, 0.2) is 18.2 Å². The Hall–Kier alpha value is -2.08. The molecule has 7 heteroatoms. The lowest BCUT2D eigenvalue weighted by molar-refractivity contribution is -0.116. The summed E-state index contributed by atoms with van der Waals surface area (Å²) in [6.45, 7) is 0. The van der Waals surface area contributed by atoms with Crippen molar-refractivity contribution in [2.24, 2.45) is 11.5 Å². The van der Waals surface area contributed by atoms with E-state index in [4.69, 9.17) is 23.1 Å². The Morgan fingerprint density at radius 1 is 1.05 bits per heavy atom. The van der Waals surface area contributed by atoms with E-state index < -0.39 is 11.8 Å². The Kier molecular flexibility index (Phi) is 5.32. The fraction of sp³-hybridized carbons (Fsp3) is 0.250. The van der Waals surface area contributed by atoms with Crippen molar-refractivity contribution < 1.29 is 14.4 Å². The van der Waals surface area contributed by atoms with Crippen molar-refractivity contribution in [3.05, 3.63) is 29.3 Å². The molecule has 0 fully saturated rings. The number of halogens is 1. The highest BCUT2D eigenvalue weighted by Crippen LogP contribution is 2.15. The number of amides is 3. The summed E-state index contributed by atoms with van der Waals surface area (Å²) in [6.07, 6.45) is 0.780. The van der Waals surface area contributed by atoms with Crippen LogP contribution in [0.3, 0.4) is 0 Å². The number of anilines is 1. The molecule has 3 amide bonds. The topological polar surface area (TPSA) is 115 Å². The lowest BCUT2D eigenvalue weighted by Gasteiger charge is -2.08. The second-order valence-electron chi connectivity index (χ2n) is 3.87. The van der Waals surface area contributed by atoms with Crippen LogP contribution in [0.1, 0.15) is 33.6 Å². The molecular weight excluding hydrogens is 270 g/mol. The molecule has 0 spiro atoms. The fourth-order valence-corrected chi connectivity index (χ4v) is 1.57. The first-order valence-electron chi connectivity index (χ1n) is 5.54. The number of rotatable bonds is 6. The quantitative estimate of drug-likeness (QED) is 0.672. The first-order valence-corrected chi connectivity index (χ1v) is 6.08. The highest BCUT2D eigenvalue weighted by molar-refractivity contribution is 6.18. The Balaban J connectivity index is 2.96. The molecule has 1 aromatic rings. The number of hydrogen-bond donors (Lipinski definition) is 3. The molecule has 0 bridgehead atoms. The predicted octanol–water partition coefficient (Wildman–Crippen LogP) is 0.842. The molecule has 0 unspecified atom stereocenters. The minimum absolute atomic E-state index is 0.101. The third-order valence-electron chi connectivity index (χ3n) is 2.32. The highest BCUT2D eigenvalue weighted by atomic mass is 35.5. The summed E-state index contributed by atoms with van der Waals surface area (Å²) < 4.78 is 0. The molecule has 102 valence electrons. The van der Waals surface area contributed by atoms with Gasteiger partial charge in [-0.2, -0.15) is 0 Å². The minimum Gasteiger partial charge on any atom is -0.366 e. The lowest BCUT2D eigenvalue weighted by atomic mass is 10.1. The monoisotopic (exact) mass is 283 g/mol. The molecule has 0 saturated heterocycles. The molecule has 19 heavy (non-hydrogen) atoms. The number of primary amides is 2. The van der Waals surface area contributed by atoms with Gasteiger partial charge in [-0.15, -0.1) is 11.6 Å². The third-order valence-corrected chi connectivity index (χ3v) is 2.59. The summed E-state index contributed by atoms with van der Waals surface area (Å²) in [5.41, 5.74) is 10.8. The lowest BCUT2D eigenvalue weighted by Crippen LogP contribution is -2.18. The molecule has 0 atom stereocenters. The number of hydrogen-bond acceptors (Lipinski definition) is 3. The minimum atomic E-state index is -0.709. The molecule has 0 heterocycles. The van der Waals surface area contributed by atoms with E-state index in [1.807, 2.05) is 0 Å². The summed E-state index contributed by atoms with van der Waals surface area (Å²) in [7, 11) is 0. The predicted molar refractivity (Wildman–Crippen MR) is 72.1 cm³/mol. The first-order chi connectivity index (χ1) is 8.93. The van der Waals surface area contributed by atoms with E-state index in [1.54, 1.807) is 0 Å². The van der Waals surface area contributed by atoms with Crippen molar-refractivity contribution in [2.75, 3.05) is 11.2 Å². The van der Waals surface area contributed by atoms with E-state index in [0.717, 1.165) is 0 Å². The molecule has 0 aliphatic carbocycles. The summed E-state index contributed by atoms with van der Waals surface area (Å²) in [5.74, 6) is -1.31. The molecule has 0 saturated carbocycles. The van der Waals surface area contributed by atoms with E-state index in [0.29, 0.717) is 18.0 Å². The van der Waals surface area contributed by atoms with Crippen LogP contribution in [-0.4, -0.2) is 23.6 Å². The van der Waals surface area contributed by atoms with Gasteiger partial charge in [-0.1, -0.05) is 0 Å². The second kappa shape index (κ2) is 6.75. The molecule has 1 rings (SSSR count). The van der Waals surface area contributed by atoms with E-state index in [2.05, 4.69) is 5.32 Å². The zero-order chi connectivity index (χ0) is 14.4. The zero-order valence-corrected chi connectivity index (χ0v) is 10.9. The van der Waals surface area contributed by atoms with Gasteiger partial charge in [-0.25, -0.2) is 0 Å². The van der Waals surface area contributed by atoms with E-state index in [1.165, 1.54) is 18.2 Å². The fourth-order valence-electron chi connectivity index (χ4n) is 1.44. The molecule has 6 nitrogen and oxygen atoms in total. The number of carbonyl (C=O) groups excluding carboxylic acids is 3. The van der Waals surface area contributed by atoms with E-state index in [9.17, 15) is 14.4 Å². The van der Waals surface area contributed by atoms with Crippen molar-refractivity contribution in [3.8, 4) is 0 Å². The van der Waals surface area contributed by atoms with Crippen molar-refractivity contribution in [1.29, 1.82) is 0 Å². The highest BCUT2D eigenvalue weighted by Gasteiger charge is 2.10. The van der Waals surface area contributed by atoms with Crippen molar-refractivity contribution in [2.45, 2.75) is 12.8 Å². The maximum Gasteiger partial charge on any atom is 0.248 e. The van der Waals surface area contributed by atoms with Crippen LogP contribution in [0.25, 0.3) is 0 Å². The number of alkyl halides is 1. The van der Waals surface area contributed by atoms with Crippen LogP contribution in [0.2, 0.25) is 0 Å². The smallest absolute Gasteiger partial charge is 0.248 e. The van der Waals surface area contributed by atoms with Crippen molar-refractivity contribution in [3.63, 3.8) is 0 Å². The van der Waals surface area contributed by atoms with Gasteiger partial charge in [0.15, 0.2) is 0 Å². The Morgan fingerprint density at radius 3 is 2.00 bits per heavy atom. The van der Waals surface area contributed by atoms with Crippen LogP contribution >= 0.6 is 11.6 Å². The van der Waals surface area contributed by atoms with Gasteiger partial charge in [0.25, 0.3) is 0 Å². The molecule has 0 radical (unpaired) electrons. The summed E-state index contributed by atoms with van der Waals surface area (Å²) >= 11 is 5.48. The summed E-state index contributed by atoms with van der Waals surface area (Å²) in [4.78, 5) is 33.8. The summed E-state index contributed by atoms with van der Waals surface area (Å²) in [6, 6.07) is 4.04.